The SMILES string of the molecule is CC1COCC(CC(=O)c2cc(F)cc(F)c2)N1. The third kappa shape index (κ3) is 3.34. The minimum absolute atomic E-state index is 0.0625. The van der Waals surface area contributed by atoms with Crippen molar-refractivity contribution in [3.05, 3.63) is 35.4 Å². The lowest BCUT2D eigenvalue weighted by atomic mass is 10.0. The Morgan fingerprint density at radius 2 is 2.00 bits per heavy atom. The summed E-state index contributed by atoms with van der Waals surface area (Å²) in [6.45, 7) is 3.01. The smallest absolute Gasteiger partial charge is 0.164 e. The van der Waals surface area contributed by atoms with Gasteiger partial charge in [0.25, 0.3) is 0 Å². The number of benzene rings is 1. The summed E-state index contributed by atoms with van der Waals surface area (Å²) in [5, 5.41) is 3.21. The van der Waals surface area contributed by atoms with Crippen molar-refractivity contribution in [2.75, 3.05) is 13.2 Å². The van der Waals surface area contributed by atoms with E-state index in [-0.39, 0.29) is 29.9 Å². The molecule has 3 nitrogen and oxygen atoms in total. The first-order valence-corrected chi connectivity index (χ1v) is 5.87. The van der Waals surface area contributed by atoms with Crippen LogP contribution in [0.3, 0.4) is 0 Å². The quantitative estimate of drug-likeness (QED) is 0.838. The molecule has 0 aliphatic carbocycles. The van der Waals surface area contributed by atoms with Crippen LogP contribution in [0.25, 0.3) is 0 Å². The van der Waals surface area contributed by atoms with E-state index >= 15 is 0 Å². The van der Waals surface area contributed by atoms with E-state index in [1.54, 1.807) is 0 Å². The molecule has 1 fully saturated rings. The van der Waals surface area contributed by atoms with Gasteiger partial charge in [-0.15, -0.1) is 0 Å². The molecule has 2 rings (SSSR count). The van der Waals surface area contributed by atoms with Crippen LogP contribution in [0.4, 0.5) is 8.78 Å². The first-order valence-electron chi connectivity index (χ1n) is 5.87. The van der Waals surface area contributed by atoms with E-state index in [0.717, 1.165) is 18.2 Å². The van der Waals surface area contributed by atoms with Gasteiger partial charge in [0.2, 0.25) is 0 Å². The Labute approximate surface area is 104 Å². The summed E-state index contributed by atoms with van der Waals surface area (Å²) >= 11 is 0. The highest BCUT2D eigenvalue weighted by Crippen LogP contribution is 2.13. The molecular weight excluding hydrogens is 240 g/mol. The molecule has 0 saturated carbocycles. The van der Waals surface area contributed by atoms with Crippen molar-refractivity contribution >= 4 is 5.78 Å². The van der Waals surface area contributed by atoms with Crippen molar-refractivity contribution in [2.24, 2.45) is 0 Å². The zero-order valence-electron chi connectivity index (χ0n) is 10.1. The number of hydrogen-bond donors (Lipinski definition) is 1. The molecule has 2 unspecified atom stereocenters. The summed E-state index contributed by atoms with van der Waals surface area (Å²) in [5.41, 5.74) is 0.0625. The Balaban J connectivity index is 2.02. The molecule has 1 N–H and O–H groups in total. The molecule has 0 spiro atoms. The van der Waals surface area contributed by atoms with Crippen molar-refractivity contribution in [3.63, 3.8) is 0 Å². The van der Waals surface area contributed by atoms with E-state index < -0.39 is 11.6 Å². The molecule has 0 bridgehead atoms. The first-order chi connectivity index (χ1) is 8.54. The zero-order valence-corrected chi connectivity index (χ0v) is 10.1. The normalized spacial score (nSPS) is 23.9. The molecule has 98 valence electrons. The summed E-state index contributed by atoms with van der Waals surface area (Å²) < 4.78 is 31.3. The molecule has 1 saturated heterocycles. The standard InChI is InChI=1S/C13H15F2NO2/c1-8-6-18-7-12(16-8)5-13(17)9-2-10(14)4-11(15)3-9/h2-4,8,12,16H,5-7H2,1H3. The fourth-order valence-electron chi connectivity index (χ4n) is 2.06. The van der Waals surface area contributed by atoms with Crippen LogP contribution >= 0.6 is 0 Å². The maximum absolute atomic E-state index is 13.0. The number of rotatable bonds is 3. The number of ether oxygens (including phenoxy) is 1. The van der Waals surface area contributed by atoms with Crippen LogP contribution in [0.15, 0.2) is 18.2 Å². The van der Waals surface area contributed by atoms with Gasteiger partial charge in [-0.2, -0.15) is 0 Å². The fourth-order valence-corrected chi connectivity index (χ4v) is 2.06. The van der Waals surface area contributed by atoms with Gasteiger partial charge >= 0.3 is 0 Å². The summed E-state index contributed by atoms with van der Waals surface area (Å²) in [7, 11) is 0. The van der Waals surface area contributed by atoms with Crippen molar-refractivity contribution in [1.29, 1.82) is 0 Å². The number of carbonyl (C=O) groups excluding carboxylic acids is 1. The summed E-state index contributed by atoms with van der Waals surface area (Å²) in [5.74, 6) is -1.76. The third-order valence-corrected chi connectivity index (χ3v) is 2.82. The van der Waals surface area contributed by atoms with Crippen LogP contribution < -0.4 is 5.32 Å². The second kappa shape index (κ2) is 5.54. The van der Waals surface area contributed by atoms with Gasteiger partial charge in [0.1, 0.15) is 11.6 Å². The maximum atomic E-state index is 13.0. The molecule has 18 heavy (non-hydrogen) atoms. The van der Waals surface area contributed by atoms with Gasteiger partial charge < -0.3 is 10.1 Å². The molecule has 0 aromatic heterocycles. The molecule has 1 aliphatic heterocycles. The van der Waals surface area contributed by atoms with Crippen LogP contribution in [0.2, 0.25) is 0 Å². The third-order valence-electron chi connectivity index (χ3n) is 2.82. The lowest BCUT2D eigenvalue weighted by Gasteiger charge is -2.28. The molecule has 0 radical (unpaired) electrons. The average Bonchev–Trinajstić information content (AvgIpc) is 2.27. The first kappa shape index (κ1) is 13.1. The Morgan fingerprint density at radius 3 is 2.61 bits per heavy atom. The van der Waals surface area contributed by atoms with Crippen LogP contribution in [0.1, 0.15) is 23.7 Å². The van der Waals surface area contributed by atoms with Gasteiger partial charge in [-0.3, -0.25) is 4.79 Å². The highest BCUT2D eigenvalue weighted by atomic mass is 19.1. The van der Waals surface area contributed by atoms with E-state index in [1.165, 1.54) is 0 Å². The molecule has 1 heterocycles. The minimum atomic E-state index is -0.737. The van der Waals surface area contributed by atoms with Gasteiger partial charge in [0, 0.05) is 30.1 Å². The Kier molecular flexibility index (Phi) is 4.04. The van der Waals surface area contributed by atoms with Crippen molar-refractivity contribution < 1.29 is 18.3 Å². The summed E-state index contributed by atoms with van der Waals surface area (Å²) in [6, 6.07) is 2.94. The number of morpholine rings is 1. The van der Waals surface area contributed by atoms with Gasteiger partial charge in [-0.25, -0.2) is 8.78 Å². The van der Waals surface area contributed by atoms with Gasteiger partial charge in [-0.1, -0.05) is 0 Å². The monoisotopic (exact) mass is 255 g/mol. The van der Waals surface area contributed by atoms with E-state index in [0.29, 0.717) is 13.2 Å². The molecule has 1 aliphatic rings. The lowest BCUT2D eigenvalue weighted by molar-refractivity contribution is 0.0463. The molecule has 2 atom stereocenters. The Hall–Kier alpha value is -1.33. The van der Waals surface area contributed by atoms with Crippen LogP contribution in [0.5, 0.6) is 0 Å². The number of ketones is 1. The minimum Gasteiger partial charge on any atom is -0.378 e. The number of halogens is 2. The zero-order chi connectivity index (χ0) is 13.1. The highest BCUT2D eigenvalue weighted by molar-refractivity contribution is 5.96. The molecule has 0 amide bonds. The van der Waals surface area contributed by atoms with Crippen molar-refractivity contribution in [1.82, 2.24) is 5.32 Å². The molecule has 1 aromatic rings. The summed E-state index contributed by atoms with van der Waals surface area (Å²) in [6.07, 6.45) is 0.174. The highest BCUT2D eigenvalue weighted by Gasteiger charge is 2.22. The van der Waals surface area contributed by atoms with Gasteiger partial charge in [0.05, 0.1) is 13.2 Å². The number of carbonyl (C=O) groups is 1. The van der Waals surface area contributed by atoms with Crippen LogP contribution in [-0.4, -0.2) is 31.1 Å². The van der Waals surface area contributed by atoms with Gasteiger partial charge in [0.15, 0.2) is 5.78 Å². The Morgan fingerprint density at radius 1 is 1.33 bits per heavy atom. The van der Waals surface area contributed by atoms with Gasteiger partial charge in [-0.05, 0) is 19.1 Å². The summed E-state index contributed by atoms with van der Waals surface area (Å²) in [4.78, 5) is 11.9. The van der Waals surface area contributed by atoms with E-state index in [4.69, 9.17) is 4.74 Å². The maximum Gasteiger partial charge on any atom is 0.164 e. The predicted octanol–water partition coefficient (Wildman–Crippen LogP) is 1.91. The fraction of sp³-hybridized carbons (Fsp3) is 0.462. The second-order valence-corrected chi connectivity index (χ2v) is 4.59. The molecular formula is C13H15F2NO2. The number of nitrogens with one attached hydrogen (secondary N) is 1. The van der Waals surface area contributed by atoms with Crippen molar-refractivity contribution in [3.8, 4) is 0 Å². The van der Waals surface area contributed by atoms with Crippen LogP contribution in [-0.2, 0) is 4.74 Å². The Bertz CT molecular complexity index is 430. The van der Waals surface area contributed by atoms with Crippen LogP contribution in [0, 0.1) is 11.6 Å². The average molecular weight is 255 g/mol. The van der Waals surface area contributed by atoms with E-state index in [1.807, 2.05) is 6.92 Å². The van der Waals surface area contributed by atoms with E-state index in [2.05, 4.69) is 5.32 Å². The number of hydrogen-bond acceptors (Lipinski definition) is 3. The van der Waals surface area contributed by atoms with Crippen molar-refractivity contribution in [2.45, 2.75) is 25.4 Å². The molecule has 1 aromatic carbocycles. The molecule has 5 heteroatoms. The van der Waals surface area contributed by atoms with E-state index in [9.17, 15) is 13.6 Å². The predicted molar refractivity (Wildman–Crippen MR) is 62.5 cm³/mol. The number of Topliss-reactive ketones (excluding diaryl/α,β-unsaturated/α-hetero) is 1. The topological polar surface area (TPSA) is 38.3 Å². The largest absolute Gasteiger partial charge is 0.378 e. The lowest BCUT2D eigenvalue weighted by Crippen LogP contribution is -2.48. The second-order valence-electron chi connectivity index (χ2n) is 4.59.